The molecule has 178 valence electrons. The van der Waals surface area contributed by atoms with Crippen LogP contribution < -0.4 is 4.74 Å². The van der Waals surface area contributed by atoms with E-state index in [1.807, 2.05) is 27.7 Å². The molecule has 0 aliphatic heterocycles. The fourth-order valence-electron chi connectivity index (χ4n) is 3.69. The SMILES string of the molecule is Cc1cc(OCc2c(S(C)(=O)=O)ccc(C(O)=C3C(=O)CCCC3=O)c2Cl)n(C(C)(C)C)n1. The Balaban J connectivity index is 2.11. The molecule has 1 saturated carbocycles. The molecule has 0 atom stereocenters. The molecule has 1 aromatic heterocycles. The van der Waals surface area contributed by atoms with E-state index in [2.05, 4.69) is 5.10 Å². The van der Waals surface area contributed by atoms with Gasteiger partial charge in [0.1, 0.15) is 17.9 Å². The van der Waals surface area contributed by atoms with Crippen molar-refractivity contribution in [2.24, 2.45) is 0 Å². The van der Waals surface area contributed by atoms with Crippen LogP contribution in [0.15, 0.2) is 28.7 Å². The zero-order chi connectivity index (χ0) is 24.7. The maximum absolute atomic E-state index is 12.4. The number of Topliss-reactive ketones (excluding diaryl/α,β-unsaturated/α-hetero) is 2. The van der Waals surface area contributed by atoms with Gasteiger partial charge in [0.2, 0.25) is 5.88 Å². The number of ether oxygens (including phenoxy) is 1. The van der Waals surface area contributed by atoms with Crippen molar-refractivity contribution in [1.29, 1.82) is 0 Å². The molecule has 0 spiro atoms. The van der Waals surface area contributed by atoms with Gasteiger partial charge in [0.25, 0.3) is 0 Å². The molecular weight excluding hydrogens is 468 g/mol. The predicted octanol–water partition coefficient (Wildman–Crippen LogP) is 4.17. The molecule has 0 bridgehead atoms. The van der Waals surface area contributed by atoms with Gasteiger partial charge in [-0.25, -0.2) is 13.1 Å². The first-order chi connectivity index (χ1) is 15.2. The van der Waals surface area contributed by atoms with Crippen LogP contribution in [0, 0.1) is 6.92 Å². The van der Waals surface area contributed by atoms with Gasteiger partial charge < -0.3 is 9.84 Å². The van der Waals surface area contributed by atoms with Crippen LogP contribution in [0.1, 0.15) is 56.9 Å². The number of allylic oxidation sites excluding steroid dienone is 1. The van der Waals surface area contributed by atoms with Crippen LogP contribution >= 0.6 is 11.6 Å². The number of halogens is 1. The third-order valence-electron chi connectivity index (χ3n) is 5.26. The number of aliphatic hydroxyl groups excluding tert-OH is 1. The summed E-state index contributed by atoms with van der Waals surface area (Å²) in [7, 11) is -3.70. The van der Waals surface area contributed by atoms with Crippen LogP contribution in [-0.4, -0.2) is 41.1 Å². The van der Waals surface area contributed by atoms with Crippen molar-refractivity contribution in [3.05, 3.63) is 45.6 Å². The number of carbonyl (C=O) groups excluding carboxylic acids is 2. The Hall–Kier alpha value is -2.65. The summed E-state index contributed by atoms with van der Waals surface area (Å²) < 4.78 is 32.4. The zero-order valence-electron chi connectivity index (χ0n) is 19.2. The van der Waals surface area contributed by atoms with Crippen LogP contribution in [0.3, 0.4) is 0 Å². The summed E-state index contributed by atoms with van der Waals surface area (Å²) in [6, 6.07) is 4.31. The van der Waals surface area contributed by atoms with Gasteiger partial charge in [-0.1, -0.05) is 11.6 Å². The number of aryl methyl sites for hydroxylation is 1. The lowest BCUT2D eigenvalue weighted by molar-refractivity contribution is -0.123. The Morgan fingerprint density at radius 1 is 1.21 bits per heavy atom. The van der Waals surface area contributed by atoms with Gasteiger partial charge in [-0.15, -0.1) is 0 Å². The standard InChI is InChI=1S/C23H27ClN2O6S/c1-13-11-19(26(25-13)23(2,3)4)32-12-15-18(33(5,30)31)10-9-14(21(15)24)22(29)20-16(27)7-6-8-17(20)28/h9-11,29H,6-8,12H2,1-5H3. The normalized spacial score (nSPS) is 15.2. The molecule has 1 aliphatic rings. The Bertz CT molecular complexity index is 1250. The molecule has 1 heterocycles. The average molecular weight is 495 g/mol. The lowest BCUT2D eigenvalue weighted by Crippen LogP contribution is -2.24. The van der Waals surface area contributed by atoms with E-state index in [0.29, 0.717) is 12.3 Å². The van der Waals surface area contributed by atoms with E-state index in [1.54, 1.807) is 10.7 Å². The lowest BCUT2D eigenvalue weighted by Gasteiger charge is -2.22. The molecule has 3 rings (SSSR count). The Morgan fingerprint density at radius 3 is 2.36 bits per heavy atom. The van der Waals surface area contributed by atoms with Crippen molar-refractivity contribution in [2.75, 3.05) is 6.26 Å². The zero-order valence-corrected chi connectivity index (χ0v) is 20.8. The van der Waals surface area contributed by atoms with Crippen LogP contribution in [0.4, 0.5) is 0 Å². The molecule has 0 radical (unpaired) electrons. The second-order valence-corrected chi connectivity index (χ2v) is 11.5. The predicted molar refractivity (Wildman–Crippen MR) is 124 cm³/mol. The fourth-order valence-corrected chi connectivity index (χ4v) is 4.98. The Kier molecular flexibility index (Phi) is 6.77. The molecule has 8 nitrogen and oxygen atoms in total. The minimum Gasteiger partial charge on any atom is -0.506 e. The quantitative estimate of drug-likeness (QED) is 0.376. The minimum absolute atomic E-state index is 0.00164. The molecule has 1 aromatic carbocycles. The van der Waals surface area contributed by atoms with Crippen molar-refractivity contribution >= 4 is 38.8 Å². The number of hydrogen-bond donors (Lipinski definition) is 1. The van der Waals surface area contributed by atoms with E-state index in [-0.39, 0.29) is 51.6 Å². The summed E-state index contributed by atoms with van der Waals surface area (Å²) in [4.78, 5) is 24.5. The number of nitrogens with zero attached hydrogens (tertiary/aromatic N) is 2. The van der Waals surface area contributed by atoms with Gasteiger partial charge in [-0.05, 0) is 46.2 Å². The van der Waals surface area contributed by atoms with Crippen LogP contribution in [0.5, 0.6) is 5.88 Å². The summed E-state index contributed by atoms with van der Waals surface area (Å²) in [6.07, 6.45) is 1.76. The molecule has 10 heteroatoms. The summed E-state index contributed by atoms with van der Waals surface area (Å²) in [6.45, 7) is 7.42. The highest BCUT2D eigenvalue weighted by Crippen LogP contribution is 2.35. The van der Waals surface area contributed by atoms with Crippen molar-refractivity contribution in [3.63, 3.8) is 0 Å². The molecule has 1 N–H and O–H groups in total. The highest BCUT2D eigenvalue weighted by atomic mass is 35.5. The molecular formula is C23H27ClN2O6S. The van der Waals surface area contributed by atoms with E-state index >= 15 is 0 Å². The fraction of sp³-hybridized carbons (Fsp3) is 0.435. The van der Waals surface area contributed by atoms with Crippen LogP contribution in [0.25, 0.3) is 5.76 Å². The molecule has 1 aliphatic carbocycles. The average Bonchev–Trinajstić information content (AvgIpc) is 3.06. The number of carbonyl (C=O) groups is 2. The third-order valence-corrected chi connectivity index (χ3v) is 6.87. The van der Waals surface area contributed by atoms with Crippen molar-refractivity contribution in [2.45, 2.75) is 64.0 Å². The van der Waals surface area contributed by atoms with Gasteiger partial charge in [-0.2, -0.15) is 5.10 Å². The first-order valence-corrected chi connectivity index (χ1v) is 12.7. The Labute approximate surface area is 198 Å². The molecule has 0 unspecified atom stereocenters. The van der Waals surface area contributed by atoms with Gasteiger partial charge in [0.05, 0.1) is 21.2 Å². The van der Waals surface area contributed by atoms with E-state index in [1.165, 1.54) is 12.1 Å². The number of benzene rings is 1. The first kappa shape index (κ1) is 25.0. The molecule has 0 saturated heterocycles. The summed E-state index contributed by atoms with van der Waals surface area (Å²) in [5.41, 5.74) is 0.142. The monoisotopic (exact) mass is 494 g/mol. The second kappa shape index (κ2) is 8.95. The molecule has 1 fully saturated rings. The summed E-state index contributed by atoms with van der Waals surface area (Å²) in [5.74, 6) is -1.06. The number of aromatic nitrogens is 2. The van der Waals surface area contributed by atoms with Crippen molar-refractivity contribution in [3.8, 4) is 5.88 Å². The number of aliphatic hydroxyl groups is 1. The van der Waals surface area contributed by atoms with E-state index in [9.17, 15) is 23.1 Å². The second-order valence-electron chi connectivity index (χ2n) is 9.09. The Morgan fingerprint density at radius 2 is 1.82 bits per heavy atom. The van der Waals surface area contributed by atoms with E-state index in [4.69, 9.17) is 16.3 Å². The summed E-state index contributed by atoms with van der Waals surface area (Å²) >= 11 is 6.55. The van der Waals surface area contributed by atoms with Crippen molar-refractivity contribution < 1.29 is 27.9 Å². The van der Waals surface area contributed by atoms with E-state index < -0.39 is 27.2 Å². The largest absolute Gasteiger partial charge is 0.506 e. The van der Waals surface area contributed by atoms with Crippen LogP contribution in [-0.2, 0) is 31.6 Å². The maximum Gasteiger partial charge on any atom is 0.212 e. The highest BCUT2D eigenvalue weighted by Gasteiger charge is 2.30. The topological polar surface area (TPSA) is 116 Å². The molecule has 0 amide bonds. The smallest absolute Gasteiger partial charge is 0.212 e. The highest BCUT2D eigenvalue weighted by molar-refractivity contribution is 7.90. The van der Waals surface area contributed by atoms with Gasteiger partial charge in [-0.3, -0.25) is 9.59 Å². The van der Waals surface area contributed by atoms with Crippen LogP contribution in [0.2, 0.25) is 5.02 Å². The van der Waals surface area contributed by atoms with Gasteiger partial charge in [0.15, 0.2) is 21.4 Å². The number of ketones is 2. The summed E-state index contributed by atoms with van der Waals surface area (Å²) in [5, 5.41) is 15.1. The molecule has 2 aromatic rings. The number of sulfone groups is 1. The van der Waals surface area contributed by atoms with E-state index in [0.717, 1.165) is 11.9 Å². The number of hydrogen-bond acceptors (Lipinski definition) is 7. The lowest BCUT2D eigenvalue weighted by atomic mass is 9.89. The maximum atomic E-state index is 12.4. The van der Waals surface area contributed by atoms with Crippen molar-refractivity contribution in [1.82, 2.24) is 9.78 Å². The third kappa shape index (κ3) is 5.14. The van der Waals surface area contributed by atoms with Gasteiger partial charge in [0, 0.05) is 36.3 Å². The number of rotatable bonds is 5. The minimum atomic E-state index is -3.70. The first-order valence-electron chi connectivity index (χ1n) is 10.4. The molecule has 33 heavy (non-hydrogen) atoms. The van der Waals surface area contributed by atoms with Gasteiger partial charge >= 0.3 is 0 Å².